The van der Waals surface area contributed by atoms with E-state index in [1.807, 2.05) is 6.07 Å². The Morgan fingerprint density at radius 3 is 2.37 bits per heavy atom. The standard InChI is InChI=1S/C24H26N2O/c1-3-8-20(9-4-1)14-15-26-16-17-27-24(19-26)23-13-7-12-22(25-23)18-21-10-5-2-6-11-21/h1-13,24H,14-19H2. The topological polar surface area (TPSA) is 25.4 Å². The highest BCUT2D eigenvalue weighted by atomic mass is 16.5. The van der Waals surface area contributed by atoms with E-state index in [0.717, 1.165) is 50.5 Å². The highest BCUT2D eigenvalue weighted by molar-refractivity contribution is 5.23. The Balaban J connectivity index is 1.38. The fourth-order valence-electron chi connectivity index (χ4n) is 3.60. The fourth-order valence-corrected chi connectivity index (χ4v) is 3.60. The van der Waals surface area contributed by atoms with E-state index in [4.69, 9.17) is 9.72 Å². The number of ether oxygens (including phenoxy) is 1. The van der Waals surface area contributed by atoms with Crippen molar-refractivity contribution in [1.29, 1.82) is 0 Å². The smallest absolute Gasteiger partial charge is 0.112 e. The van der Waals surface area contributed by atoms with E-state index in [0.29, 0.717) is 0 Å². The van der Waals surface area contributed by atoms with Crippen LogP contribution in [0.5, 0.6) is 0 Å². The summed E-state index contributed by atoms with van der Waals surface area (Å²) in [7, 11) is 0. The molecule has 1 unspecified atom stereocenters. The fraction of sp³-hybridized carbons (Fsp3) is 0.292. The minimum atomic E-state index is 0.0604. The Labute approximate surface area is 161 Å². The van der Waals surface area contributed by atoms with Gasteiger partial charge in [0.25, 0.3) is 0 Å². The van der Waals surface area contributed by atoms with Crippen molar-refractivity contribution >= 4 is 0 Å². The van der Waals surface area contributed by atoms with Crippen LogP contribution < -0.4 is 0 Å². The zero-order chi connectivity index (χ0) is 18.3. The number of rotatable bonds is 6. The van der Waals surface area contributed by atoms with Crippen LogP contribution in [0.15, 0.2) is 78.9 Å². The zero-order valence-electron chi connectivity index (χ0n) is 15.6. The molecule has 3 nitrogen and oxygen atoms in total. The summed E-state index contributed by atoms with van der Waals surface area (Å²) in [5, 5.41) is 0. The van der Waals surface area contributed by atoms with Gasteiger partial charge in [-0.1, -0.05) is 66.7 Å². The Hall–Kier alpha value is -2.49. The maximum absolute atomic E-state index is 6.05. The van der Waals surface area contributed by atoms with Gasteiger partial charge in [0.05, 0.1) is 12.3 Å². The van der Waals surface area contributed by atoms with Crippen LogP contribution in [0.2, 0.25) is 0 Å². The third kappa shape index (κ3) is 5.03. The minimum absolute atomic E-state index is 0.0604. The molecule has 4 rings (SSSR count). The van der Waals surface area contributed by atoms with Crippen molar-refractivity contribution in [3.8, 4) is 0 Å². The van der Waals surface area contributed by atoms with Crippen molar-refractivity contribution < 1.29 is 4.74 Å². The van der Waals surface area contributed by atoms with E-state index in [9.17, 15) is 0 Å². The summed E-state index contributed by atoms with van der Waals surface area (Å²) in [6.07, 6.45) is 2.00. The summed E-state index contributed by atoms with van der Waals surface area (Å²) in [6.45, 7) is 3.74. The average Bonchev–Trinajstić information content (AvgIpc) is 2.74. The summed E-state index contributed by atoms with van der Waals surface area (Å²) in [6, 6.07) is 27.5. The van der Waals surface area contributed by atoms with Gasteiger partial charge in [0.1, 0.15) is 6.10 Å². The summed E-state index contributed by atoms with van der Waals surface area (Å²) in [5.41, 5.74) is 4.83. The van der Waals surface area contributed by atoms with E-state index >= 15 is 0 Å². The molecule has 1 aromatic heterocycles. The largest absolute Gasteiger partial charge is 0.369 e. The van der Waals surface area contributed by atoms with Crippen LogP contribution in [0.4, 0.5) is 0 Å². The molecule has 0 aliphatic carbocycles. The number of nitrogens with zero attached hydrogens (tertiary/aromatic N) is 2. The predicted octanol–water partition coefficient (Wildman–Crippen LogP) is 4.29. The molecule has 1 saturated heterocycles. The molecule has 0 N–H and O–H groups in total. The number of pyridine rings is 1. The van der Waals surface area contributed by atoms with Gasteiger partial charge in [0, 0.05) is 31.7 Å². The lowest BCUT2D eigenvalue weighted by atomic mass is 10.1. The second-order valence-corrected chi connectivity index (χ2v) is 7.11. The van der Waals surface area contributed by atoms with Crippen LogP contribution >= 0.6 is 0 Å². The molecule has 0 amide bonds. The third-order valence-electron chi connectivity index (χ3n) is 5.10. The van der Waals surface area contributed by atoms with E-state index in [2.05, 4.69) is 77.7 Å². The van der Waals surface area contributed by atoms with E-state index in [1.54, 1.807) is 0 Å². The minimum Gasteiger partial charge on any atom is -0.369 e. The number of morpholine rings is 1. The molecule has 2 heterocycles. The summed E-state index contributed by atoms with van der Waals surface area (Å²) >= 11 is 0. The van der Waals surface area contributed by atoms with Gasteiger partial charge in [-0.05, 0) is 29.7 Å². The van der Waals surface area contributed by atoms with Crippen molar-refractivity contribution in [2.75, 3.05) is 26.2 Å². The molecule has 0 spiro atoms. The molecule has 3 heteroatoms. The van der Waals surface area contributed by atoms with Gasteiger partial charge in [-0.15, -0.1) is 0 Å². The predicted molar refractivity (Wildman–Crippen MR) is 109 cm³/mol. The van der Waals surface area contributed by atoms with Gasteiger partial charge in [0.2, 0.25) is 0 Å². The Morgan fingerprint density at radius 1 is 0.852 bits per heavy atom. The van der Waals surface area contributed by atoms with Crippen LogP contribution in [-0.2, 0) is 17.6 Å². The second kappa shape index (κ2) is 8.94. The lowest BCUT2D eigenvalue weighted by molar-refractivity contribution is -0.0317. The first-order valence-electron chi connectivity index (χ1n) is 9.74. The third-order valence-corrected chi connectivity index (χ3v) is 5.10. The van der Waals surface area contributed by atoms with Crippen LogP contribution in [0.3, 0.4) is 0 Å². The first-order chi connectivity index (χ1) is 13.4. The van der Waals surface area contributed by atoms with Crippen LogP contribution in [0.25, 0.3) is 0 Å². The molecule has 138 valence electrons. The summed E-state index contributed by atoms with van der Waals surface area (Å²) < 4.78 is 6.05. The molecule has 2 aromatic carbocycles. The SMILES string of the molecule is c1ccc(CCN2CCOC(c3cccc(Cc4ccccc4)n3)C2)cc1. The molecule has 1 aliphatic rings. The van der Waals surface area contributed by atoms with Crippen LogP contribution in [0.1, 0.15) is 28.6 Å². The molecular weight excluding hydrogens is 332 g/mol. The normalized spacial score (nSPS) is 17.7. The molecule has 0 radical (unpaired) electrons. The molecule has 1 atom stereocenters. The van der Waals surface area contributed by atoms with Crippen LogP contribution in [-0.4, -0.2) is 36.1 Å². The van der Waals surface area contributed by atoms with Gasteiger partial charge >= 0.3 is 0 Å². The lowest BCUT2D eigenvalue weighted by Gasteiger charge is -2.32. The van der Waals surface area contributed by atoms with E-state index in [-0.39, 0.29) is 6.10 Å². The first kappa shape index (κ1) is 17.9. The Bertz CT molecular complexity index is 835. The molecule has 3 aromatic rings. The molecule has 1 fully saturated rings. The quantitative estimate of drug-likeness (QED) is 0.657. The van der Waals surface area contributed by atoms with Gasteiger partial charge in [-0.25, -0.2) is 0 Å². The highest BCUT2D eigenvalue weighted by Crippen LogP contribution is 2.21. The van der Waals surface area contributed by atoms with Gasteiger partial charge in [-0.3, -0.25) is 9.88 Å². The van der Waals surface area contributed by atoms with E-state index in [1.165, 1.54) is 11.1 Å². The van der Waals surface area contributed by atoms with Gasteiger partial charge in [-0.2, -0.15) is 0 Å². The zero-order valence-corrected chi connectivity index (χ0v) is 15.6. The van der Waals surface area contributed by atoms with Crippen molar-refractivity contribution in [2.45, 2.75) is 18.9 Å². The Kier molecular flexibility index (Phi) is 5.92. The van der Waals surface area contributed by atoms with E-state index < -0.39 is 0 Å². The van der Waals surface area contributed by atoms with Crippen molar-refractivity contribution in [2.24, 2.45) is 0 Å². The lowest BCUT2D eigenvalue weighted by Crippen LogP contribution is -2.39. The maximum atomic E-state index is 6.05. The highest BCUT2D eigenvalue weighted by Gasteiger charge is 2.23. The summed E-state index contributed by atoms with van der Waals surface area (Å²) in [5.74, 6) is 0. The van der Waals surface area contributed by atoms with Crippen molar-refractivity contribution in [3.05, 3.63) is 101 Å². The second-order valence-electron chi connectivity index (χ2n) is 7.11. The van der Waals surface area contributed by atoms with Crippen molar-refractivity contribution in [3.63, 3.8) is 0 Å². The molecule has 27 heavy (non-hydrogen) atoms. The Morgan fingerprint density at radius 2 is 1.59 bits per heavy atom. The molecule has 0 bridgehead atoms. The number of aromatic nitrogens is 1. The molecule has 0 saturated carbocycles. The average molecular weight is 358 g/mol. The summed E-state index contributed by atoms with van der Waals surface area (Å²) in [4.78, 5) is 7.39. The number of hydrogen-bond donors (Lipinski definition) is 0. The number of benzene rings is 2. The first-order valence-corrected chi connectivity index (χ1v) is 9.74. The maximum Gasteiger partial charge on any atom is 0.112 e. The van der Waals surface area contributed by atoms with Crippen molar-refractivity contribution in [1.82, 2.24) is 9.88 Å². The molecule has 1 aliphatic heterocycles. The molecular formula is C24H26N2O. The monoisotopic (exact) mass is 358 g/mol. The number of hydrogen-bond acceptors (Lipinski definition) is 3. The van der Waals surface area contributed by atoms with Gasteiger partial charge < -0.3 is 4.74 Å². The van der Waals surface area contributed by atoms with Gasteiger partial charge in [0.15, 0.2) is 0 Å². The van der Waals surface area contributed by atoms with Crippen LogP contribution in [0, 0.1) is 0 Å².